The number of pyridine rings is 1. The summed E-state index contributed by atoms with van der Waals surface area (Å²) in [5, 5.41) is 6.11. The summed E-state index contributed by atoms with van der Waals surface area (Å²) in [7, 11) is 0. The Morgan fingerprint density at radius 1 is 0.895 bits per heavy atom. The van der Waals surface area contributed by atoms with Crippen molar-refractivity contribution in [1.29, 1.82) is 0 Å². The minimum Gasteiger partial charge on any atom is -0.347 e. The van der Waals surface area contributed by atoms with Crippen LogP contribution < -0.4 is 10.6 Å². The minimum atomic E-state index is -0.250. The fourth-order valence-electron chi connectivity index (χ4n) is 6.91. The maximum absolute atomic E-state index is 13.2. The highest BCUT2D eigenvalue weighted by Crippen LogP contribution is 2.54. The largest absolute Gasteiger partial charge is 0.347 e. The van der Waals surface area contributed by atoms with Gasteiger partial charge in [0, 0.05) is 40.3 Å². The van der Waals surface area contributed by atoms with Gasteiger partial charge in [0.2, 0.25) is 0 Å². The van der Waals surface area contributed by atoms with E-state index in [2.05, 4.69) is 25.6 Å². The van der Waals surface area contributed by atoms with Gasteiger partial charge in [0.1, 0.15) is 17.4 Å². The van der Waals surface area contributed by atoms with E-state index in [1.165, 1.54) is 0 Å². The molecule has 4 fully saturated rings. The van der Waals surface area contributed by atoms with Gasteiger partial charge in [0.25, 0.3) is 11.8 Å². The number of anilines is 1. The van der Waals surface area contributed by atoms with Crippen LogP contribution in [-0.2, 0) is 4.79 Å². The van der Waals surface area contributed by atoms with Gasteiger partial charge in [-0.1, -0.05) is 18.2 Å². The van der Waals surface area contributed by atoms with Gasteiger partial charge in [-0.25, -0.2) is 9.97 Å². The predicted octanol–water partition coefficient (Wildman–Crippen LogP) is 4.75. The van der Waals surface area contributed by atoms with E-state index in [9.17, 15) is 14.4 Å². The van der Waals surface area contributed by atoms with Crippen molar-refractivity contribution < 1.29 is 14.4 Å². The predicted molar refractivity (Wildman–Crippen MR) is 142 cm³/mol. The molecule has 0 aliphatic heterocycles. The summed E-state index contributed by atoms with van der Waals surface area (Å²) < 4.78 is 0. The Morgan fingerprint density at radius 2 is 1.66 bits per heavy atom. The van der Waals surface area contributed by atoms with Gasteiger partial charge in [0.15, 0.2) is 0 Å². The molecule has 8 rings (SSSR count). The van der Waals surface area contributed by atoms with Crippen LogP contribution in [0.2, 0.25) is 0 Å². The van der Waals surface area contributed by atoms with Crippen molar-refractivity contribution in [3.8, 4) is 11.4 Å². The van der Waals surface area contributed by atoms with E-state index >= 15 is 0 Å². The summed E-state index contributed by atoms with van der Waals surface area (Å²) in [5.41, 5.74) is 3.19. The van der Waals surface area contributed by atoms with Crippen molar-refractivity contribution in [2.75, 3.05) is 5.32 Å². The van der Waals surface area contributed by atoms with E-state index in [0.717, 1.165) is 48.7 Å². The first-order chi connectivity index (χ1) is 18.4. The molecule has 190 valence electrons. The van der Waals surface area contributed by atoms with Crippen molar-refractivity contribution in [2.24, 2.45) is 17.8 Å². The van der Waals surface area contributed by atoms with E-state index in [4.69, 9.17) is 0 Å². The highest BCUT2D eigenvalue weighted by molar-refractivity contribution is 6.05. The Labute approximate surface area is 219 Å². The average Bonchev–Trinajstić information content (AvgIpc) is 3.35. The third kappa shape index (κ3) is 3.97. The lowest BCUT2D eigenvalue weighted by Gasteiger charge is -2.55. The first-order valence-corrected chi connectivity index (χ1v) is 13.1. The fourth-order valence-corrected chi connectivity index (χ4v) is 6.91. The second-order valence-electron chi connectivity index (χ2n) is 11.0. The van der Waals surface area contributed by atoms with E-state index in [1.807, 2.05) is 30.3 Å². The smallest absolute Gasteiger partial charge is 0.256 e. The molecule has 2 unspecified atom stereocenters. The third-order valence-corrected chi connectivity index (χ3v) is 8.44. The molecule has 0 radical (unpaired) electrons. The van der Waals surface area contributed by atoms with Crippen LogP contribution in [0.25, 0.3) is 22.4 Å². The molecule has 2 amide bonds. The Kier molecular flexibility index (Phi) is 5.18. The molecule has 4 aliphatic carbocycles. The second kappa shape index (κ2) is 8.62. The number of aromatic nitrogens is 3. The molecule has 8 heteroatoms. The number of aromatic amines is 1. The maximum Gasteiger partial charge on any atom is 0.256 e. The monoisotopic (exact) mass is 505 g/mol. The number of carbonyl (C=O) groups excluding carboxylic acids is 3. The van der Waals surface area contributed by atoms with Crippen LogP contribution in [0.15, 0.2) is 66.9 Å². The summed E-state index contributed by atoms with van der Waals surface area (Å²) in [6.07, 6.45) is 6.16. The Balaban J connectivity index is 1.06. The number of H-pyrrole nitrogens is 1. The van der Waals surface area contributed by atoms with E-state index in [0.29, 0.717) is 34.5 Å². The zero-order chi connectivity index (χ0) is 25.9. The van der Waals surface area contributed by atoms with Crippen LogP contribution in [0.1, 0.15) is 52.8 Å². The number of rotatable bonds is 5. The number of hydrogen-bond acceptors (Lipinski definition) is 5. The highest BCUT2D eigenvalue weighted by atomic mass is 16.2. The number of hydrogen-bond donors (Lipinski definition) is 3. The van der Waals surface area contributed by atoms with Crippen molar-refractivity contribution in [2.45, 2.75) is 37.6 Å². The molecule has 4 aromatic rings. The molecule has 4 saturated carbocycles. The second-order valence-corrected chi connectivity index (χ2v) is 11.0. The van der Waals surface area contributed by atoms with Gasteiger partial charge < -0.3 is 15.6 Å². The Bertz CT molecular complexity index is 1560. The van der Waals surface area contributed by atoms with Crippen molar-refractivity contribution >= 4 is 34.4 Å². The van der Waals surface area contributed by atoms with Crippen LogP contribution in [-0.4, -0.2) is 38.1 Å². The molecule has 2 atom stereocenters. The van der Waals surface area contributed by atoms with E-state index < -0.39 is 0 Å². The lowest BCUT2D eigenvalue weighted by molar-refractivity contribution is -0.142. The van der Waals surface area contributed by atoms with Crippen LogP contribution >= 0.6 is 0 Å². The average molecular weight is 506 g/mol. The number of ketones is 1. The molecule has 2 heterocycles. The summed E-state index contributed by atoms with van der Waals surface area (Å²) in [6, 6.07) is 18.0. The number of nitrogens with zero attached hydrogens (tertiary/aromatic N) is 2. The first-order valence-electron chi connectivity index (χ1n) is 13.1. The van der Waals surface area contributed by atoms with Crippen LogP contribution in [0.5, 0.6) is 0 Å². The molecule has 4 bridgehead atoms. The van der Waals surface area contributed by atoms with Crippen molar-refractivity contribution in [3.05, 3.63) is 78.0 Å². The minimum absolute atomic E-state index is 0.0842. The van der Waals surface area contributed by atoms with Crippen LogP contribution in [0.3, 0.4) is 0 Å². The molecular weight excluding hydrogens is 478 g/mol. The number of imidazole rings is 1. The van der Waals surface area contributed by atoms with E-state index in [1.54, 1.807) is 36.5 Å². The lowest BCUT2D eigenvalue weighted by atomic mass is 9.52. The molecule has 2 aromatic heterocycles. The molecule has 0 saturated heterocycles. The van der Waals surface area contributed by atoms with Crippen molar-refractivity contribution in [1.82, 2.24) is 20.3 Å². The molecule has 8 nitrogen and oxygen atoms in total. The third-order valence-electron chi connectivity index (χ3n) is 8.44. The topological polar surface area (TPSA) is 117 Å². The van der Waals surface area contributed by atoms with E-state index in [-0.39, 0.29) is 29.2 Å². The van der Waals surface area contributed by atoms with Crippen molar-refractivity contribution in [3.63, 3.8) is 0 Å². The number of amides is 2. The lowest BCUT2D eigenvalue weighted by Crippen LogP contribution is -2.62. The number of fused-ring (bicyclic) bond motifs is 1. The zero-order valence-corrected chi connectivity index (χ0v) is 20.7. The SMILES string of the molecule is O=C(Nc1ccccn1)c1ccc2nc(-c3ccc(C(=O)NC45CC6CC(C4)C(=O)C(C6)C5)cc3)[nH]c2c1. The molecule has 3 N–H and O–H groups in total. The van der Waals surface area contributed by atoms with Gasteiger partial charge in [0.05, 0.1) is 11.0 Å². The molecule has 4 aliphatic rings. The summed E-state index contributed by atoms with van der Waals surface area (Å²) in [6.45, 7) is 0. The molecule has 38 heavy (non-hydrogen) atoms. The van der Waals surface area contributed by atoms with Crippen LogP contribution in [0.4, 0.5) is 5.82 Å². The molecule has 2 aromatic carbocycles. The summed E-state index contributed by atoms with van der Waals surface area (Å²) in [5.74, 6) is 2.04. The Hall–Kier alpha value is -4.33. The Morgan fingerprint density at radius 3 is 2.39 bits per heavy atom. The van der Waals surface area contributed by atoms with Gasteiger partial charge in [-0.3, -0.25) is 14.4 Å². The van der Waals surface area contributed by atoms with Gasteiger partial charge in [-0.05, 0) is 80.5 Å². The zero-order valence-electron chi connectivity index (χ0n) is 20.7. The highest BCUT2D eigenvalue weighted by Gasteiger charge is 2.55. The summed E-state index contributed by atoms with van der Waals surface area (Å²) in [4.78, 5) is 50.4. The maximum atomic E-state index is 13.2. The fraction of sp³-hybridized carbons (Fsp3) is 0.300. The number of nitrogens with one attached hydrogen (secondary N) is 3. The van der Waals surface area contributed by atoms with Gasteiger partial charge in [-0.15, -0.1) is 0 Å². The van der Waals surface area contributed by atoms with Crippen LogP contribution in [0, 0.1) is 17.8 Å². The summed E-state index contributed by atoms with van der Waals surface area (Å²) >= 11 is 0. The standard InChI is InChI=1S/C30H27N5O3/c36-26-21-11-17-12-22(26)16-30(14-17,15-21)35-29(38)19-6-4-18(5-7-19)27-32-23-9-8-20(13-24(23)33-27)28(37)34-25-3-1-2-10-31-25/h1-10,13,17,21-22H,11-12,14-16H2,(H,32,33)(H,35,38)(H,31,34,37). The number of carbonyl (C=O) groups is 3. The van der Waals surface area contributed by atoms with Gasteiger partial charge >= 0.3 is 0 Å². The number of Topliss-reactive ketones (excluding diaryl/α,β-unsaturated/α-hetero) is 1. The normalized spacial score (nSPS) is 25.5. The van der Waals surface area contributed by atoms with Gasteiger partial charge in [-0.2, -0.15) is 0 Å². The quantitative estimate of drug-likeness (QED) is 0.362. The first kappa shape index (κ1) is 22.8. The number of benzene rings is 2. The molecule has 0 spiro atoms. The molecular formula is C30H27N5O3.